The third-order valence-electron chi connectivity index (χ3n) is 4.75. The molecule has 1 aliphatic rings. The lowest BCUT2D eigenvalue weighted by Crippen LogP contribution is -2.25. The summed E-state index contributed by atoms with van der Waals surface area (Å²) in [6, 6.07) is 18.8. The van der Waals surface area contributed by atoms with Crippen molar-refractivity contribution >= 4 is 5.91 Å². The Hall–Kier alpha value is -2.29. The molecular weight excluding hydrogens is 310 g/mol. The summed E-state index contributed by atoms with van der Waals surface area (Å²) in [6.45, 7) is 3.51. The molecule has 2 atom stereocenters. The van der Waals surface area contributed by atoms with E-state index < -0.39 is 0 Å². The van der Waals surface area contributed by atoms with Gasteiger partial charge in [-0.15, -0.1) is 0 Å². The van der Waals surface area contributed by atoms with Crippen molar-refractivity contribution in [1.82, 2.24) is 5.32 Å². The van der Waals surface area contributed by atoms with Gasteiger partial charge in [-0.2, -0.15) is 0 Å². The third-order valence-corrected chi connectivity index (χ3v) is 4.75. The van der Waals surface area contributed by atoms with Crippen molar-refractivity contribution < 1.29 is 9.53 Å². The summed E-state index contributed by atoms with van der Waals surface area (Å²) >= 11 is 0. The van der Waals surface area contributed by atoms with Crippen molar-refractivity contribution in [3.05, 3.63) is 65.7 Å². The molecular formula is C22H27NO2. The van der Waals surface area contributed by atoms with Gasteiger partial charge in [0.1, 0.15) is 5.75 Å². The number of hydrogen-bond acceptors (Lipinski definition) is 2. The lowest BCUT2D eigenvalue weighted by atomic mass is 10.1. The summed E-state index contributed by atoms with van der Waals surface area (Å²) < 4.78 is 5.92. The molecule has 1 amide bonds. The number of hydrogen-bond donors (Lipinski definition) is 1. The average Bonchev–Trinajstić information content (AvgIpc) is 3.41. The van der Waals surface area contributed by atoms with Gasteiger partial charge in [-0.25, -0.2) is 0 Å². The minimum absolute atomic E-state index is 0.172. The fourth-order valence-corrected chi connectivity index (χ4v) is 3.21. The van der Waals surface area contributed by atoms with Crippen LogP contribution >= 0.6 is 0 Å². The number of carbonyl (C=O) groups excluding carboxylic acids is 1. The number of ether oxygens (including phenoxy) is 1. The van der Waals surface area contributed by atoms with E-state index in [1.807, 2.05) is 19.1 Å². The first-order valence-corrected chi connectivity index (χ1v) is 9.29. The van der Waals surface area contributed by atoms with Gasteiger partial charge in [0.05, 0.1) is 6.61 Å². The fourth-order valence-electron chi connectivity index (χ4n) is 3.21. The van der Waals surface area contributed by atoms with E-state index in [0.29, 0.717) is 24.9 Å². The summed E-state index contributed by atoms with van der Waals surface area (Å²) in [6.07, 6.45) is 3.60. The van der Waals surface area contributed by atoms with Crippen LogP contribution in [0.2, 0.25) is 0 Å². The predicted molar refractivity (Wildman–Crippen MR) is 101 cm³/mol. The molecule has 0 spiro atoms. The molecule has 1 N–H and O–H groups in total. The Bertz CT molecular complexity index is 683. The van der Waals surface area contributed by atoms with E-state index in [9.17, 15) is 4.79 Å². The zero-order chi connectivity index (χ0) is 17.5. The van der Waals surface area contributed by atoms with E-state index in [-0.39, 0.29) is 5.91 Å². The Kier molecular flexibility index (Phi) is 6.10. The topological polar surface area (TPSA) is 38.3 Å². The highest BCUT2D eigenvalue weighted by atomic mass is 16.5. The van der Waals surface area contributed by atoms with E-state index in [0.717, 1.165) is 31.6 Å². The molecule has 2 aromatic rings. The predicted octanol–water partition coefficient (Wildman–Crippen LogP) is 4.33. The molecule has 3 rings (SSSR count). The second-order valence-corrected chi connectivity index (χ2v) is 6.81. The minimum atomic E-state index is 0.172. The molecule has 0 aliphatic heterocycles. The van der Waals surface area contributed by atoms with Crippen LogP contribution in [0.5, 0.6) is 5.75 Å². The summed E-state index contributed by atoms with van der Waals surface area (Å²) in [7, 11) is 0. The van der Waals surface area contributed by atoms with Crippen molar-refractivity contribution in [3.63, 3.8) is 0 Å². The van der Waals surface area contributed by atoms with Gasteiger partial charge in [-0.3, -0.25) is 4.79 Å². The second kappa shape index (κ2) is 8.70. The molecule has 0 unspecified atom stereocenters. The van der Waals surface area contributed by atoms with Gasteiger partial charge in [-0.1, -0.05) is 49.4 Å². The average molecular weight is 337 g/mol. The maximum absolute atomic E-state index is 11.6. The first-order chi connectivity index (χ1) is 12.3. The van der Waals surface area contributed by atoms with E-state index in [1.165, 1.54) is 11.1 Å². The monoisotopic (exact) mass is 337 g/mol. The van der Waals surface area contributed by atoms with Crippen LogP contribution in [0.4, 0.5) is 0 Å². The van der Waals surface area contributed by atoms with E-state index >= 15 is 0 Å². The standard InChI is InChI=1S/C22H27NO2/c1-2-7-22(24)23-16-19-15-21(19)18-10-6-11-20(14-18)25-13-12-17-8-4-3-5-9-17/h3-6,8-11,14,19,21H,2,7,12-13,15-16H2,1H3,(H,23,24)/t19-,21-/m0/s1. The van der Waals surface area contributed by atoms with Crippen LogP contribution < -0.4 is 10.1 Å². The molecule has 3 heteroatoms. The molecule has 25 heavy (non-hydrogen) atoms. The first kappa shape index (κ1) is 17.5. The molecule has 3 nitrogen and oxygen atoms in total. The molecule has 1 fully saturated rings. The lowest BCUT2D eigenvalue weighted by Gasteiger charge is -2.09. The molecule has 0 saturated heterocycles. The first-order valence-electron chi connectivity index (χ1n) is 9.29. The summed E-state index contributed by atoms with van der Waals surface area (Å²) in [5.74, 6) is 2.24. The van der Waals surface area contributed by atoms with Crippen LogP contribution in [0, 0.1) is 5.92 Å². The Balaban J connectivity index is 1.45. The van der Waals surface area contributed by atoms with Gasteiger partial charge in [0.15, 0.2) is 0 Å². The largest absolute Gasteiger partial charge is 0.493 e. The van der Waals surface area contributed by atoms with Gasteiger partial charge < -0.3 is 10.1 Å². The highest BCUT2D eigenvalue weighted by molar-refractivity contribution is 5.75. The normalized spacial score (nSPS) is 18.6. The highest BCUT2D eigenvalue weighted by Gasteiger charge is 2.38. The Morgan fingerprint density at radius 2 is 2.00 bits per heavy atom. The van der Waals surface area contributed by atoms with Crippen LogP contribution in [-0.2, 0) is 11.2 Å². The second-order valence-electron chi connectivity index (χ2n) is 6.81. The maximum Gasteiger partial charge on any atom is 0.219 e. The number of benzene rings is 2. The highest BCUT2D eigenvalue weighted by Crippen LogP contribution is 2.47. The third kappa shape index (κ3) is 5.35. The van der Waals surface area contributed by atoms with Gasteiger partial charge >= 0.3 is 0 Å². The number of carbonyl (C=O) groups is 1. The zero-order valence-corrected chi connectivity index (χ0v) is 14.9. The molecule has 2 aromatic carbocycles. The molecule has 0 aromatic heterocycles. The summed E-state index contributed by atoms with van der Waals surface area (Å²) in [4.78, 5) is 11.6. The quantitative estimate of drug-likeness (QED) is 0.740. The van der Waals surface area contributed by atoms with Crippen molar-refractivity contribution in [3.8, 4) is 5.75 Å². The summed E-state index contributed by atoms with van der Waals surface area (Å²) in [5, 5.41) is 3.04. The molecule has 0 bridgehead atoms. The van der Waals surface area contributed by atoms with E-state index in [1.54, 1.807) is 0 Å². The number of amides is 1. The fraction of sp³-hybridized carbons (Fsp3) is 0.409. The van der Waals surface area contributed by atoms with Crippen LogP contribution in [0.25, 0.3) is 0 Å². The van der Waals surface area contributed by atoms with E-state index in [2.05, 4.69) is 47.8 Å². The van der Waals surface area contributed by atoms with Crippen molar-refractivity contribution in [1.29, 1.82) is 0 Å². The zero-order valence-electron chi connectivity index (χ0n) is 14.9. The smallest absolute Gasteiger partial charge is 0.219 e. The lowest BCUT2D eigenvalue weighted by molar-refractivity contribution is -0.121. The van der Waals surface area contributed by atoms with Gasteiger partial charge in [0, 0.05) is 19.4 Å². The van der Waals surface area contributed by atoms with Gasteiger partial charge in [0.25, 0.3) is 0 Å². The van der Waals surface area contributed by atoms with Crippen molar-refractivity contribution in [2.45, 2.75) is 38.5 Å². The van der Waals surface area contributed by atoms with Crippen LogP contribution in [0.1, 0.15) is 43.2 Å². The van der Waals surface area contributed by atoms with Crippen LogP contribution in [0.3, 0.4) is 0 Å². The Morgan fingerprint density at radius 1 is 1.16 bits per heavy atom. The van der Waals surface area contributed by atoms with Crippen LogP contribution in [0.15, 0.2) is 54.6 Å². The van der Waals surface area contributed by atoms with Crippen molar-refractivity contribution in [2.75, 3.05) is 13.2 Å². The SMILES string of the molecule is CCCC(=O)NC[C@@H]1C[C@H]1c1cccc(OCCc2ccccc2)c1. The number of rotatable bonds is 9. The molecule has 1 saturated carbocycles. The molecule has 0 heterocycles. The molecule has 0 radical (unpaired) electrons. The van der Waals surface area contributed by atoms with E-state index in [4.69, 9.17) is 4.74 Å². The molecule has 1 aliphatic carbocycles. The Labute approximate surface area is 150 Å². The van der Waals surface area contributed by atoms with Gasteiger partial charge in [-0.05, 0) is 47.9 Å². The van der Waals surface area contributed by atoms with Crippen LogP contribution in [-0.4, -0.2) is 19.1 Å². The van der Waals surface area contributed by atoms with Gasteiger partial charge in [0.2, 0.25) is 5.91 Å². The maximum atomic E-state index is 11.6. The summed E-state index contributed by atoms with van der Waals surface area (Å²) in [5.41, 5.74) is 2.62. The number of nitrogens with one attached hydrogen (secondary N) is 1. The molecule has 132 valence electrons. The van der Waals surface area contributed by atoms with Crippen molar-refractivity contribution in [2.24, 2.45) is 5.92 Å². The minimum Gasteiger partial charge on any atom is -0.493 e. The Morgan fingerprint density at radius 3 is 2.80 bits per heavy atom.